The minimum absolute atomic E-state index is 0.0378. The highest BCUT2D eigenvalue weighted by Crippen LogP contribution is 2.42. The zero-order chi connectivity index (χ0) is 24.4. The van der Waals surface area contributed by atoms with Crippen LogP contribution in [0.25, 0.3) is 0 Å². The van der Waals surface area contributed by atoms with Crippen LogP contribution in [0.2, 0.25) is 0 Å². The molecule has 0 radical (unpaired) electrons. The molecule has 0 saturated carbocycles. The lowest BCUT2D eigenvalue weighted by Gasteiger charge is -2.36. The third-order valence-corrected chi connectivity index (χ3v) is 6.24. The molecule has 2 aliphatic rings. The highest BCUT2D eigenvalue weighted by atomic mass is 16.5. The average molecular weight is 474 g/mol. The molecule has 1 fully saturated rings. The highest BCUT2D eigenvalue weighted by molar-refractivity contribution is 6.04. The zero-order valence-corrected chi connectivity index (χ0v) is 20.0. The van der Waals surface area contributed by atoms with Gasteiger partial charge in [0.15, 0.2) is 28.7 Å². The molecular formula is C27H27N3O5. The van der Waals surface area contributed by atoms with Crippen molar-refractivity contribution in [2.45, 2.75) is 0 Å². The predicted octanol–water partition coefficient (Wildman–Crippen LogP) is 4.35. The molecule has 1 saturated heterocycles. The molecule has 0 N–H and O–H groups in total. The van der Waals surface area contributed by atoms with Gasteiger partial charge in [0.05, 0.1) is 26.9 Å². The Labute approximate surface area is 204 Å². The lowest BCUT2D eigenvalue weighted by molar-refractivity contribution is 0.0691. The number of ether oxygens (including phenoxy) is 4. The molecule has 2 heterocycles. The van der Waals surface area contributed by atoms with Crippen LogP contribution < -0.4 is 18.9 Å². The molecule has 180 valence electrons. The molecule has 35 heavy (non-hydrogen) atoms. The SMILES string of the molecule is COc1ccc(C(=O)N2CCN(C3=Nc4ccccc4Oc4c(OC)cccc43)CC2)cc1OC. The van der Waals surface area contributed by atoms with E-state index in [0.29, 0.717) is 60.5 Å². The van der Waals surface area contributed by atoms with Crippen LogP contribution in [-0.4, -0.2) is 69.1 Å². The predicted molar refractivity (Wildman–Crippen MR) is 133 cm³/mol. The van der Waals surface area contributed by atoms with Crippen molar-refractivity contribution in [1.29, 1.82) is 0 Å². The number of benzene rings is 3. The summed E-state index contributed by atoms with van der Waals surface area (Å²) in [6, 6.07) is 18.7. The summed E-state index contributed by atoms with van der Waals surface area (Å²) >= 11 is 0. The largest absolute Gasteiger partial charge is 0.493 e. The fraction of sp³-hybridized carbons (Fsp3) is 0.259. The molecule has 0 atom stereocenters. The summed E-state index contributed by atoms with van der Waals surface area (Å²) in [6.45, 7) is 2.40. The van der Waals surface area contributed by atoms with Crippen molar-refractivity contribution in [2.24, 2.45) is 4.99 Å². The number of methoxy groups -OCH3 is 3. The van der Waals surface area contributed by atoms with E-state index in [1.165, 1.54) is 0 Å². The maximum atomic E-state index is 13.2. The third-order valence-electron chi connectivity index (χ3n) is 6.24. The van der Waals surface area contributed by atoms with Crippen LogP contribution in [0, 0.1) is 0 Å². The van der Waals surface area contributed by atoms with Crippen molar-refractivity contribution < 1.29 is 23.7 Å². The average Bonchev–Trinajstić information content (AvgIpc) is 3.09. The van der Waals surface area contributed by atoms with Crippen LogP contribution in [0.15, 0.2) is 65.7 Å². The van der Waals surface area contributed by atoms with Gasteiger partial charge >= 0.3 is 0 Å². The summed E-state index contributed by atoms with van der Waals surface area (Å²) in [6.07, 6.45) is 0. The lowest BCUT2D eigenvalue weighted by atomic mass is 10.1. The number of amidine groups is 1. The van der Waals surface area contributed by atoms with Crippen molar-refractivity contribution in [3.8, 4) is 28.7 Å². The maximum Gasteiger partial charge on any atom is 0.254 e. The van der Waals surface area contributed by atoms with Gasteiger partial charge in [0.25, 0.3) is 5.91 Å². The summed E-state index contributed by atoms with van der Waals surface area (Å²) in [5, 5.41) is 0. The van der Waals surface area contributed by atoms with E-state index in [1.807, 2.05) is 47.4 Å². The summed E-state index contributed by atoms with van der Waals surface area (Å²) in [5.74, 6) is 3.87. The number of para-hydroxylation sites is 3. The van der Waals surface area contributed by atoms with Gasteiger partial charge in [0.1, 0.15) is 11.5 Å². The maximum absolute atomic E-state index is 13.2. The van der Waals surface area contributed by atoms with Crippen molar-refractivity contribution in [2.75, 3.05) is 47.5 Å². The van der Waals surface area contributed by atoms with Gasteiger partial charge in [-0.25, -0.2) is 4.99 Å². The van der Waals surface area contributed by atoms with E-state index in [4.69, 9.17) is 23.9 Å². The monoisotopic (exact) mass is 473 g/mol. The normalized spacial score (nSPS) is 14.7. The molecule has 3 aromatic carbocycles. The van der Waals surface area contributed by atoms with Crippen molar-refractivity contribution in [3.63, 3.8) is 0 Å². The summed E-state index contributed by atoms with van der Waals surface area (Å²) in [5.41, 5.74) is 2.19. The first-order valence-corrected chi connectivity index (χ1v) is 11.4. The Morgan fingerprint density at radius 3 is 2.31 bits per heavy atom. The van der Waals surface area contributed by atoms with Gasteiger partial charge in [-0.15, -0.1) is 0 Å². The Kier molecular flexibility index (Phi) is 6.18. The second kappa shape index (κ2) is 9.58. The zero-order valence-electron chi connectivity index (χ0n) is 20.0. The van der Waals surface area contributed by atoms with Gasteiger partial charge in [-0.1, -0.05) is 18.2 Å². The number of aliphatic imine (C=N–C) groups is 1. The smallest absolute Gasteiger partial charge is 0.254 e. The highest BCUT2D eigenvalue weighted by Gasteiger charge is 2.29. The summed E-state index contributed by atoms with van der Waals surface area (Å²) < 4.78 is 22.5. The number of nitrogens with zero attached hydrogens (tertiary/aromatic N) is 3. The number of hydrogen-bond donors (Lipinski definition) is 0. The van der Waals surface area contributed by atoms with Gasteiger partial charge in [-0.05, 0) is 42.5 Å². The fourth-order valence-electron chi connectivity index (χ4n) is 4.39. The number of fused-ring (bicyclic) bond motifs is 2. The molecular weight excluding hydrogens is 446 g/mol. The number of rotatable bonds is 4. The minimum Gasteiger partial charge on any atom is -0.493 e. The number of amides is 1. The molecule has 0 bridgehead atoms. The number of hydrogen-bond acceptors (Lipinski definition) is 7. The molecule has 0 aromatic heterocycles. The van der Waals surface area contributed by atoms with Gasteiger partial charge in [0, 0.05) is 31.7 Å². The van der Waals surface area contributed by atoms with E-state index in [1.54, 1.807) is 39.5 Å². The van der Waals surface area contributed by atoms with Crippen LogP contribution in [0.3, 0.4) is 0 Å². The third kappa shape index (κ3) is 4.23. The van der Waals surface area contributed by atoms with Crippen LogP contribution in [0.1, 0.15) is 15.9 Å². The Morgan fingerprint density at radius 1 is 0.829 bits per heavy atom. The van der Waals surface area contributed by atoms with Gasteiger partial charge in [-0.2, -0.15) is 0 Å². The Hall–Kier alpha value is -4.20. The first-order valence-electron chi connectivity index (χ1n) is 11.4. The summed E-state index contributed by atoms with van der Waals surface area (Å²) in [4.78, 5) is 22.2. The first-order chi connectivity index (χ1) is 17.1. The molecule has 8 nitrogen and oxygen atoms in total. The second-order valence-electron chi connectivity index (χ2n) is 8.19. The molecule has 2 aliphatic heterocycles. The standard InChI is InChI=1S/C27H27N3O5/c1-32-22-12-11-18(17-24(22)34-3)27(31)30-15-13-29(14-16-30)26-19-7-6-10-23(33-2)25(19)35-21-9-5-4-8-20(21)28-26/h4-12,17H,13-16H2,1-3H3. The molecule has 0 aliphatic carbocycles. The Bertz CT molecular complexity index is 1280. The van der Waals surface area contributed by atoms with Crippen molar-refractivity contribution >= 4 is 17.4 Å². The molecule has 1 amide bonds. The van der Waals surface area contributed by atoms with Crippen LogP contribution in [0.5, 0.6) is 28.7 Å². The van der Waals surface area contributed by atoms with Crippen LogP contribution >= 0.6 is 0 Å². The number of carbonyl (C=O) groups is 1. The van der Waals surface area contributed by atoms with Crippen molar-refractivity contribution in [3.05, 3.63) is 71.8 Å². The van der Waals surface area contributed by atoms with E-state index < -0.39 is 0 Å². The quantitative estimate of drug-likeness (QED) is 0.561. The van der Waals surface area contributed by atoms with Crippen LogP contribution in [-0.2, 0) is 0 Å². The van der Waals surface area contributed by atoms with Crippen LogP contribution in [0.4, 0.5) is 5.69 Å². The first kappa shape index (κ1) is 22.6. The Balaban J connectivity index is 1.40. The van der Waals surface area contributed by atoms with E-state index in [9.17, 15) is 4.79 Å². The van der Waals surface area contributed by atoms with Gasteiger partial charge in [0.2, 0.25) is 0 Å². The van der Waals surface area contributed by atoms with E-state index in [0.717, 1.165) is 17.1 Å². The number of carbonyl (C=O) groups excluding carboxylic acids is 1. The topological polar surface area (TPSA) is 72.8 Å². The lowest BCUT2D eigenvalue weighted by Crippen LogP contribution is -2.50. The molecule has 3 aromatic rings. The van der Waals surface area contributed by atoms with Gasteiger partial charge in [-0.3, -0.25) is 4.79 Å². The van der Waals surface area contributed by atoms with E-state index >= 15 is 0 Å². The van der Waals surface area contributed by atoms with E-state index in [2.05, 4.69) is 4.90 Å². The minimum atomic E-state index is -0.0378. The second-order valence-corrected chi connectivity index (χ2v) is 8.19. The van der Waals surface area contributed by atoms with E-state index in [-0.39, 0.29) is 5.91 Å². The molecule has 5 rings (SSSR count). The molecule has 8 heteroatoms. The van der Waals surface area contributed by atoms with Gasteiger partial charge < -0.3 is 28.7 Å². The Morgan fingerprint density at radius 2 is 1.57 bits per heavy atom. The molecule has 0 spiro atoms. The molecule has 0 unspecified atom stereocenters. The summed E-state index contributed by atoms with van der Waals surface area (Å²) in [7, 11) is 4.77. The van der Waals surface area contributed by atoms with Crippen molar-refractivity contribution in [1.82, 2.24) is 9.80 Å². The fourth-order valence-corrected chi connectivity index (χ4v) is 4.39. The number of piperazine rings is 1.